The summed E-state index contributed by atoms with van der Waals surface area (Å²) in [6.07, 6.45) is 6.10. The number of hydrogen-bond donors (Lipinski definition) is 1. The molecule has 0 aliphatic heterocycles. The number of benzene rings is 1. The minimum atomic E-state index is -0.564. The molecular weight excluding hydrogens is 468 g/mol. The molecule has 1 aromatic heterocycles. The van der Waals surface area contributed by atoms with Gasteiger partial charge in [-0.05, 0) is 43.4 Å². The number of thiazole rings is 1. The molecule has 3 atom stereocenters. The molecule has 2 aromatic rings. The molecule has 3 unspecified atom stereocenters. The minimum absolute atomic E-state index is 0.0765. The van der Waals surface area contributed by atoms with Crippen LogP contribution in [0.2, 0.25) is 0 Å². The molecule has 1 amide bonds. The molecule has 3 rings (SSSR count). The van der Waals surface area contributed by atoms with Crippen molar-refractivity contribution in [2.45, 2.75) is 52.6 Å². The van der Waals surface area contributed by atoms with Gasteiger partial charge in [-0.25, -0.2) is 4.79 Å². The maximum atomic E-state index is 13.3. The molecule has 1 fully saturated rings. The summed E-state index contributed by atoms with van der Waals surface area (Å²) in [5, 5.41) is 3.10. The van der Waals surface area contributed by atoms with Gasteiger partial charge in [0.05, 0.1) is 31.4 Å². The molecule has 0 radical (unpaired) electrons. The summed E-state index contributed by atoms with van der Waals surface area (Å²) in [4.78, 5) is 38.4. The first-order valence-corrected chi connectivity index (χ1v) is 12.7. The van der Waals surface area contributed by atoms with Crippen molar-refractivity contribution < 1.29 is 23.8 Å². The van der Waals surface area contributed by atoms with Gasteiger partial charge < -0.3 is 19.5 Å². The van der Waals surface area contributed by atoms with Gasteiger partial charge in [-0.2, -0.15) is 0 Å². The lowest BCUT2D eigenvalue weighted by atomic mass is 9.78. The van der Waals surface area contributed by atoms with E-state index in [0.29, 0.717) is 38.1 Å². The van der Waals surface area contributed by atoms with E-state index in [0.717, 1.165) is 30.6 Å². The van der Waals surface area contributed by atoms with E-state index in [1.54, 1.807) is 38.3 Å². The van der Waals surface area contributed by atoms with Crippen molar-refractivity contribution in [2.75, 3.05) is 20.8 Å². The molecule has 0 spiro atoms. The molecule has 1 N–H and O–H groups in total. The Bertz CT molecular complexity index is 1230. The van der Waals surface area contributed by atoms with Gasteiger partial charge in [0.1, 0.15) is 22.7 Å². The number of methoxy groups -OCH3 is 2. The lowest BCUT2D eigenvalue weighted by Gasteiger charge is -2.34. The van der Waals surface area contributed by atoms with Crippen LogP contribution in [0.15, 0.2) is 23.0 Å². The summed E-state index contributed by atoms with van der Waals surface area (Å²) in [6, 6.07) is 5.36. The fourth-order valence-electron chi connectivity index (χ4n) is 4.34. The van der Waals surface area contributed by atoms with Gasteiger partial charge in [-0.15, -0.1) is 11.3 Å². The molecule has 1 saturated carbocycles. The van der Waals surface area contributed by atoms with E-state index in [9.17, 15) is 14.4 Å². The van der Waals surface area contributed by atoms with E-state index in [1.165, 1.54) is 17.8 Å². The number of esters is 1. The largest absolute Gasteiger partial charge is 0.497 e. The third-order valence-electron chi connectivity index (χ3n) is 6.55. The summed E-state index contributed by atoms with van der Waals surface area (Å²) < 4.78 is 17.8. The van der Waals surface area contributed by atoms with Gasteiger partial charge in [0.15, 0.2) is 0 Å². The van der Waals surface area contributed by atoms with E-state index in [4.69, 9.17) is 14.2 Å². The Morgan fingerprint density at radius 2 is 1.97 bits per heavy atom. The topological polar surface area (TPSA) is 95.9 Å². The summed E-state index contributed by atoms with van der Waals surface area (Å²) in [6.45, 7) is 6.11. The second-order valence-electron chi connectivity index (χ2n) is 8.79. The van der Waals surface area contributed by atoms with Crippen LogP contribution in [0.25, 0.3) is 12.2 Å². The van der Waals surface area contributed by atoms with Crippen molar-refractivity contribution in [3.05, 3.63) is 43.3 Å². The van der Waals surface area contributed by atoms with Crippen molar-refractivity contribution >= 4 is 35.4 Å². The fourth-order valence-corrected chi connectivity index (χ4v) is 5.36. The molecular formula is C26H34N2O6S. The van der Waals surface area contributed by atoms with Crippen LogP contribution in [0.5, 0.6) is 11.5 Å². The van der Waals surface area contributed by atoms with Gasteiger partial charge in [0, 0.05) is 17.7 Å². The van der Waals surface area contributed by atoms with E-state index >= 15 is 0 Å². The summed E-state index contributed by atoms with van der Waals surface area (Å²) in [7, 11) is 3.10. The average molecular weight is 503 g/mol. The monoisotopic (exact) mass is 502 g/mol. The fraction of sp³-hybridized carbons (Fsp3) is 0.500. The highest BCUT2D eigenvalue weighted by Crippen LogP contribution is 2.29. The van der Waals surface area contributed by atoms with Crippen LogP contribution in [0.3, 0.4) is 0 Å². The van der Waals surface area contributed by atoms with Crippen molar-refractivity contribution in [3.63, 3.8) is 0 Å². The molecule has 9 heteroatoms. The second-order valence-corrected chi connectivity index (χ2v) is 9.85. The highest BCUT2D eigenvalue weighted by atomic mass is 32.1. The van der Waals surface area contributed by atoms with Crippen LogP contribution < -0.4 is 29.5 Å². The molecule has 35 heavy (non-hydrogen) atoms. The Labute approximate surface area is 209 Å². The molecule has 1 aromatic carbocycles. The van der Waals surface area contributed by atoms with E-state index < -0.39 is 5.97 Å². The normalized spacial score (nSPS) is 21.0. The first-order chi connectivity index (χ1) is 16.8. The standard InChI is InChI=1S/C26H34N2O6S/c1-6-34-25(30)14-24-28(15-23(29)27-20-9-7-8-16(2)17(20)3)26(31)22(35-24)12-18-10-11-19(32-4)13-21(18)33-5/h10-14,16-17,20H,6-9,15H2,1-5H3,(H,27,29)/b22-12-,24-14+. The Morgan fingerprint density at radius 1 is 1.20 bits per heavy atom. The first kappa shape index (κ1) is 26.5. The number of nitrogens with one attached hydrogen (secondary N) is 1. The van der Waals surface area contributed by atoms with Gasteiger partial charge in [-0.1, -0.05) is 26.7 Å². The Balaban J connectivity index is 1.99. The predicted molar refractivity (Wildman–Crippen MR) is 136 cm³/mol. The quantitative estimate of drug-likeness (QED) is 0.555. The van der Waals surface area contributed by atoms with Gasteiger partial charge in [-0.3, -0.25) is 14.2 Å². The van der Waals surface area contributed by atoms with Crippen LogP contribution in [-0.4, -0.2) is 43.3 Å². The average Bonchev–Trinajstić information content (AvgIpc) is 3.11. The zero-order chi connectivity index (χ0) is 25.5. The van der Waals surface area contributed by atoms with Crippen LogP contribution in [0.4, 0.5) is 0 Å². The lowest BCUT2D eigenvalue weighted by Crippen LogP contribution is -2.46. The number of aromatic nitrogens is 1. The highest BCUT2D eigenvalue weighted by molar-refractivity contribution is 7.07. The van der Waals surface area contributed by atoms with Crippen molar-refractivity contribution in [3.8, 4) is 11.5 Å². The Kier molecular flexibility index (Phi) is 9.14. The third-order valence-corrected chi connectivity index (χ3v) is 7.61. The molecule has 1 aliphatic rings. The summed E-state index contributed by atoms with van der Waals surface area (Å²) in [5.41, 5.74) is 0.319. The molecule has 8 nitrogen and oxygen atoms in total. The van der Waals surface area contributed by atoms with Crippen molar-refractivity contribution in [1.82, 2.24) is 9.88 Å². The predicted octanol–water partition coefficient (Wildman–Crippen LogP) is 2.04. The maximum absolute atomic E-state index is 13.3. The summed E-state index contributed by atoms with van der Waals surface area (Å²) in [5.74, 6) is 1.25. The highest BCUT2D eigenvalue weighted by Gasteiger charge is 2.28. The van der Waals surface area contributed by atoms with Crippen LogP contribution >= 0.6 is 11.3 Å². The number of nitrogens with zero attached hydrogens (tertiary/aromatic N) is 1. The number of carbonyl (C=O) groups is 2. The van der Waals surface area contributed by atoms with E-state index in [2.05, 4.69) is 19.2 Å². The first-order valence-electron chi connectivity index (χ1n) is 11.9. The molecule has 0 bridgehead atoms. The number of hydrogen-bond acceptors (Lipinski definition) is 7. The zero-order valence-corrected chi connectivity index (χ0v) is 21.8. The second kappa shape index (κ2) is 12.1. The number of ether oxygens (including phenoxy) is 3. The molecule has 190 valence electrons. The minimum Gasteiger partial charge on any atom is -0.497 e. The maximum Gasteiger partial charge on any atom is 0.333 e. The molecule has 1 heterocycles. The number of rotatable bonds is 8. The van der Waals surface area contributed by atoms with Gasteiger partial charge in [0.2, 0.25) is 5.91 Å². The lowest BCUT2D eigenvalue weighted by molar-refractivity contribution is -0.135. The van der Waals surface area contributed by atoms with Crippen LogP contribution in [-0.2, 0) is 20.9 Å². The Morgan fingerprint density at radius 3 is 2.66 bits per heavy atom. The number of carbonyl (C=O) groups excluding carboxylic acids is 2. The van der Waals surface area contributed by atoms with Crippen molar-refractivity contribution in [1.29, 1.82) is 0 Å². The molecule has 0 saturated heterocycles. The van der Waals surface area contributed by atoms with Crippen LogP contribution in [0, 0.1) is 11.8 Å². The van der Waals surface area contributed by atoms with Gasteiger partial charge in [0.25, 0.3) is 5.56 Å². The van der Waals surface area contributed by atoms with E-state index in [1.807, 2.05) is 0 Å². The zero-order valence-electron chi connectivity index (χ0n) is 21.0. The third kappa shape index (κ3) is 6.54. The van der Waals surface area contributed by atoms with Crippen molar-refractivity contribution in [2.24, 2.45) is 11.8 Å². The summed E-state index contributed by atoms with van der Waals surface area (Å²) >= 11 is 1.13. The SMILES string of the molecule is CCOC(=O)/C=c1/s/c(=C\c2ccc(OC)cc2OC)c(=O)n1CC(=O)NC1CCCC(C)C1C. The molecule has 1 aliphatic carbocycles. The van der Waals surface area contributed by atoms with E-state index in [-0.39, 0.29) is 30.7 Å². The van der Waals surface area contributed by atoms with Crippen LogP contribution in [0.1, 0.15) is 45.6 Å². The Hall–Kier alpha value is -3.07. The number of amides is 1. The van der Waals surface area contributed by atoms with Gasteiger partial charge >= 0.3 is 5.97 Å². The smallest absolute Gasteiger partial charge is 0.333 e.